The zero-order valence-electron chi connectivity index (χ0n) is 10.4. The molecule has 17 heavy (non-hydrogen) atoms. The van der Waals surface area contributed by atoms with Crippen molar-refractivity contribution in [2.45, 2.75) is 13.5 Å². The summed E-state index contributed by atoms with van der Waals surface area (Å²) in [6.45, 7) is 4.88. The van der Waals surface area contributed by atoms with E-state index in [4.69, 9.17) is 10.00 Å². The molecule has 0 radical (unpaired) electrons. The highest BCUT2D eigenvalue weighted by Crippen LogP contribution is 2.27. The highest BCUT2D eigenvalue weighted by atomic mass is 16.5. The molecule has 1 aliphatic heterocycles. The summed E-state index contributed by atoms with van der Waals surface area (Å²) in [5.74, 6) is 0. The second-order valence-corrected chi connectivity index (χ2v) is 5.04. The van der Waals surface area contributed by atoms with Crippen molar-refractivity contribution in [2.24, 2.45) is 5.41 Å². The first-order valence-electron chi connectivity index (χ1n) is 5.87. The lowest BCUT2D eigenvalue weighted by molar-refractivity contribution is -0.0895. The van der Waals surface area contributed by atoms with Gasteiger partial charge in [-0.3, -0.25) is 0 Å². The van der Waals surface area contributed by atoms with E-state index in [1.165, 1.54) is 11.1 Å². The van der Waals surface area contributed by atoms with Crippen LogP contribution in [-0.2, 0) is 11.3 Å². The molecule has 1 aliphatic rings. The highest BCUT2D eigenvalue weighted by molar-refractivity contribution is 5.21. The maximum absolute atomic E-state index is 9.13. The van der Waals surface area contributed by atoms with E-state index in [0.717, 1.165) is 13.1 Å². The standard InChI is InChI=1S/C14H18N2O/c1-12-3-5-13(6-4-12)7-16(2)9-14(8-15)10-17-11-14/h3-6H,7,9-11H2,1-2H3. The van der Waals surface area contributed by atoms with Crippen molar-refractivity contribution in [1.82, 2.24) is 4.90 Å². The van der Waals surface area contributed by atoms with E-state index in [1.54, 1.807) is 0 Å². The predicted molar refractivity (Wildman–Crippen MR) is 66.4 cm³/mol. The molecule has 1 heterocycles. The third-order valence-electron chi connectivity index (χ3n) is 3.14. The van der Waals surface area contributed by atoms with Gasteiger partial charge in [-0.25, -0.2) is 0 Å². The lowest BCUT2D eigenvalue weighted by atomic mass is 9.87. The number of nitrogens with zero attached hydrogens (tertiary/aromatic N) is 2. The van der Waals surface area contributed by atoms with Gasteiger partial charge in [0.1, 0.15) is 5.41 Å². The van der Waals surface area contributed by atoms with Crippen LogP contribution in [0, 0.1) is 23.7 Å². The van der Waals surface area contributed by atoms with Crippen LogP contribution in [-0.4, -0.2) is 31.7 Å². The largest absolute Gasteiger partial charge is 0.378 e. The first-order valence-corrected chi connectivity index (χ1v) is 5.87. The lowest BCUT2D eigenvalue weighted by Gasteiger charge is -2.38. The Labute approximate surface area is 103 Å². The molecule has 90 valence electrons. The second-order valence-electron chi connectivity index (χ2n) is 5.04. The molecule has 0 amide bonds. The van der Waals surface area contributed by atoms with Gasteiger partial charge in [-0.15, -0.1) is 0 Å². The van der Waals surface area contributed by atoms with E-state index < -0.39 is 0 Å². The minimum atomic E-state index is -0.278. The molecule has 1 aromatic carbocycles. The van der Waals surface area contributed by atoms with Gasteiger partial charge in [-0.05, 0) is 19.5 Å². The van der Waals surface area contributed by atoms with Crippen LogP contribution in [0.15, 0.2) is 24.3 Å². The van der Waals surface area contributed by atoms with Gasteiger partial charge in [0, 0.05) is 13.1 Å². The normalized spacial score (nSPS) is 17.5. The van der Waals surface area contributed by atoms with Crippen LogP contribution in [0.4, 0.5) is 0 Å². The Balaban J connectivity index is 1.91. The van der Waals surface area contributed by atoms with E-state index in [9.17, 15) is 0 Å². The monoisotopic (exact) mass is 230 g/mol. The zero-order chi connectivity index (χ0) is 12.3. The Hall–Kier alpha value is -1.37. The van der Waals surface area contributed by atoms with Crippen molar-refractivity contribution in [3.63, 3.8) is 0 Å². The second kappa shape index (κ2) is 4.87. The van der Waals surface area contributed by atoms with Crippen LogP contribution >= 0.6 is 0 Å². The zero-order valence-corrected chi connectivity index (χ0v) is 10.4. The minimum absolute atomic E-state index is 0.278. The number of hydrogen-bond acceptors (Lipinski definition) is 3. The molecule has 0 aliphatic carbocycles. The number of nitriles is 1. The Morgan fingerprint density at radius 2 is 2.00 bits per heavy atom. The van der Waals surface area contributed by atoms with Crippen molar-refractivity contribution < 1.29 is 4.74 Å². The molecule has 1 aromatic rings. The average Bonchev–Trinajstić information content (AvgIpc) is 2.27. The summed E-state index contributed by atoms with van der Waals surface area (Å²) in [5.41, 5.74) is 2.28. The quantitative estimate of drug-likeness (QED) is 0.793. The summed E-state index contributed by atoms with van der Waals surface area (Å²) in [6, 6.07) is 10.9. The highest BCUT2D eigenvalue weighted by Gasteiger charge is 2.39. The number of ether oxygens (including phenoxy) is 1. The predicted octanol–water partition coefficient (Wildman–Crippen LogP) is 1.97. The van der Waals surface area contributed by atoms with E-state index >= 15 is 0 Å². The maximum Gasteiger partial charge on any atom is 0.116 e. The van der Waals surface area contributed by atoms with Gasteiger partial charge in [-0.2, -0.15) is 5.26 Å². The van der Waals surface area contributed by atoms with E-state index in [2.05, 4.69) is 49.2 Å². The van der Waals surface area contributed by atoms with Gasteiger partial charge >= 0.3 is 0 Å². The summed E-state index contributed by atoms with van der Waals surface area (Å²) in [4.78, 5) is 2.19. The number of hydrogen-bond donors (Lipinski definition) is 0. The Bertz CT molecular complexity index is 415. The minimum Gasteiger partial charge on any atom is -0.378 e. The van der Waals surface area contributed by atoms with Crippen molar-refractivity contribution in [1.29, 1.82) is 5.26 Å². The lowest BCUT2D eigenvalue weighted by Crippen LogP contribution is -2.48. The summed E-state index contributed by atoms with van der Waals surface area (Å²) in [7, 11) is 2.05. The topological polar surface area (TPSA) is 36.3 Å². The Kier molecular flexibility index (Phi) is 3.46. The van der Waals surface area contributed by atoms with Crippen LogP contribution in [0.2, 0.25) is 0 Å². The first-order chi connectivity index (χ1) is 8.13. The molecule has 1 fully saturated rings. The molecule has 0 N–H and O–H groups in total. The van der Waals surface area contributed by atoms with Crippen LogP contribution < -0.4 is 0 Å². The fraction of sp³-hybridized carbons (Fsp3) is 0.500. The molecule has 3 nitrogen and oxygen atoms in total. The molecule has 0 spiro atoms. The molecule has 0 aromatic heterocycles. The van der Waals surface area contributed by atoms with Crippen molar-refractivity contribution >= 4 is 0 Å². The molecule has 0 atom stereocenters. The first kappa shape index (κ1) is 12.1. The summed E-state index contributed by atoms with van der Waals surface area (Å²) in [6.07, 6.45) is 0. The Morgan fingerprint density at radius 3 is 2.47 bits per heavy atom. The molecule has 0 saturated carbocycles. The average molecular weight is 230 g/mol. The van der Waals surface area contributed by atoms with Gasteiger partial charge in [0.2, 0.25) is 0 Å². The molecular formula is C14H18N2O. The molecule has 0 bridgehead atoms. The molecule has 3 heteroatoms. The summed E-state index contributed by atoms with van der Waals surface area (Å²) >= 11 is 0. The molecule has 0 unspecified atom stereocenters. The maximum atomic E-state index is 9.13. The van der Waals surface area contributed by atoms with Crippen molar-refractivity contribution in [3.05, 3.63) is 35.4 Å². The van der Waals surface area contributed by atoms with Crippen LogP contribution in [0.3, 0.4) is 0 Å². The van der Waals surface area contributed by atoms with E-state index in [0.29, 0.717) is 13.2 Å². The van der Waals surface area contributed by atoms with E-state index in [-0.39, 0.29) is 5.41 Å². The van der Waals surface area contributed by atoms with Gasteiger partial charge in [0.25, 0.3) is 0 Å². The number of rotatable bonds is 4. The van der Waals surface area contributed by atoms with Gasteiger partial charge in [0.15, 0.2) is 0 Å². The molecule has 2 rings (SSSR count). The van der Waals surface area contributed by atoms with Crippen LogP contribution in [0.1, 0.15) is 11.1 Å². The van der Waals surface area contributed by atoms with Crippen molar-refractivity contribution in [2.75, 3.05) is 26.8 Å². The molecule has 1 saturated heterocycles. The van der Waals surface area contributed by atoms with Crippen LogP contribution in [0.5, 0.6) is 0 Å². The van der Waals surface area contributed by atoms with Crippen LogP contribution in [0.25, 0.3) is 0 Å². The third-order valence-corrected chi connectivity index (χ3v) is 3.14. The SMILES string of the molecule is Cc1ccc(CN(C)CC2(C#N)COC2)cc1. The summed E-state index contributed by atoms with van der Waals surface area (Å²) < 4.78 is 5.15. The number of benzene rings is 1. The van der Waals surface area contributed by atoms with Crippen molar-refractivity contribution in [3.8, 4) is 6.07 Å². The fourth-order valence-electron chi connectivity index (χ4n) is 2.12. The van der Waals surface area contributed by atoms with Gasteiger partial charge in [0.05, 0.1) is 19.3 Å². The fourth-order valence-corrected chi connectivity index (χ4v) is 2.12. The third kappa shape index (κ3) is 2.85. The van der Waals surface area contributed by atoms with Gasteiger partial charge in [-0.1, -0.05) is 29.8 Å². The van der Waals surface area contributed by atoms with Gasteiger partial charge < -0.3 is 9.64 Å². The smallest absolute Gasteiger partial charge is 0.116 e. The Morgan fingerprint density at radius 1 is 1.35 bits per heavy atom. The number of aryl methyl sites for hydroxylation is 1. The summed E-state index contributed by atoms with van der Waals surface area (Å²) in [5, 5.41) is 9.13. The van der Waals surface area contributed by atoms with E-state index in [1.807, 2.05) is 0 Å². The molecular weight excluding hydrogens is 212 g/mol.